The Morgan fingerprint density at radius 1 is 1.04 bits per heavy atom. The summed E-state index contributed by atoms with van der Waals surface area (Å²) in [6.07, 6.45) is 3.99. The number of benzene rings is 1. The van der Waals surface area contributed by atoms with E-state index in [0.29, 0.717) is 11.6 Å². The van der Waals surface area contributed by atoms with Crippen LogP contribution in [0.15, 0.2) is 42.6 Å². The fourth-order valence-electron chi connectivity index (χ4n) is 3.79. The molecule has 1 aromatic carbocycles. The summed E-state index contributed by atoms with van der Waals surface area (Å²) in [5, 5.41) is 8.68. The molecule has 1 saturated heterocycles. The van der Waals surface area contributed by atoms with E-state index in [-0.39, 0.29) is 5.82 Å². The van der Waals surface area contributed by atoms with E-state index < -0.39 is 0 Å². The number of nitrogens with one attached hydrogen (secondary N) is 1. The van der Waals surface area contributed by atoms with Crippen LogP contribution in [0.2, 0.25) is 0 Å². The van der Waals surface area contributed by atoms with Crippen molar-refractivity contribution < 1.29 is 4.39 Å². The average Bonchev–Trinajstić information content (AvgIpc) is 3.13. The number of fused-ring (bicyclic) bond motifs is 2. The van der Waals surface area contributed by atoms with Gasteiger partial charge in [0, 0.05) is 22.8 Å². The Hall–Kier alpha value is -2.86. The third kappa shape index (κ3) is 2.96. The normalized spacial score (nSPS) is 15.6. The first kappa shape index (κ1) is 16.3. The summed E-state index contributed by atoms with van der Waals surface area (Å²) in [7, 11) is 0. The number of aromatic nitrogens is 4. The molecule has 0 saturated carbocycles. The predicted octanol–water partition coefficient (Wildman–Crippen LogP) is 4.02. The first-order valence-electron chi connectivity index (χ1n) is 9.31. The SMILES string of the molecule is Cc1ccc2nc(-c3cc(F)c4nn(C5CCNCC5)cc4c3)ccc2n1. The van der Waals surface area contributed by atoms with Gasteiger partial charge in [0.15, 0.2) is 5.82 Å². The highest BCUT2D eigenvalue weighted by Crippen LogP contribution is 2.28. The molecule has 0 spiro atoms. The molecular weight excluding hydrogens is 341 g/mol. The molecule has 0 atom stereocenters. The van der Waals surface area contributed by atoms with Crippen molar-refractivity contribution in [1.82, 2.24) is 25.1 Å². The van der Waals surface area contributed by atoms with Gasteiger partial charge in [0.1, 0.15) is 5.52 Å². The van der Waals surface area contributed by atoms with Crippen molar-refractivity contribution in [1.29, 1.82) is 0 Å². The highest BCUT2D eigenvalue weighted by Gasteiger charge is 2.18. The van der Waals surface area contributed by atoms with E-state index in [0.717, 1.165) is 59.3 Å². The van der Waals surface area contributed by atoms with Crippen molar-refractivity contribution in [2.24, 2.45) is 0 Å². The number of rotatable bonds is 2. The van der Waals surface area contributed by atoms with Crippen molar-refractivity contribution in [2.45, 2.75) is 25.8 Å². The summed E-state index contributed by atoms with van der Waals surface area (Å²) in [6, 6.07) is 11.5. The van der Waals surface area contributed by atoms with Gasteiger partial charge in [0.2, 0.25) is 0 Å². The molecule has 4 heterocycles. The molecule has 0 unspecified atom stereocenters. The lowest BCUT2D eigenvalue weighted by Crippen LogP contribution is -2.29. The monoisotopic (exact) mass is 361 g/mol. The largest absolute Gasteiger partial charge is 0.317 e. The Kier molecular flexibility index (Phi) is 3.86. The summed E-state index contributed by atoms with van der Waals surface area (Å²) in [5.41, 5.74) is 4.53. The summed E-state index contributed by atoms with van der Waals surface area (Å²) < 4.78 is 16.7. The summed E-state index contributed by atoms with van der Waals surface area (Å²) in [4.78, 5) is 9.14. The Bertz CT molecular complexity index is 1140. The van der Waals surface area contributed by atoms with E-state index in [4.69, 9.17) is 0 Å². The second kappa shape index (κ2) is 6.39. The van der Waals surface area contributed by atoms with Crippen molar-refractivity contribution in [2.75, 3.05) is 13.1 Å². The van der Waals surface area contributed by atoms with Crippen LogP contribution in [0.1, 0.15) is 24.6 Å². The van der Waals surface area contributed by atoms with Gasteiger partial charge in [-0.1, -0.05) is 0 Å². The van der Waals surface area contributed by atoms with E-state index in [1.807, 2.05) is 48.1 Å². The molecule has 5 nitrogen and oxygen atoms in total. The molecule has 0 aliphatic carbocycles. The summed E-state index contributed by atoms with van der Waals surface area (Å²) in [6.45, 7) is 3.91. The van der Waals surface area contributed by atoms with Gasteiger partial charge in [-0.25, -0.2) is 9.37 Å². The van der Waals surface area contributed by atoms with Crippen LogP contribution in [0.5, 0.6) is 0 Å². The van der Waals surface area contributed by atoms with Crippen molar-refractivity contribution in [3.05, 3.63) is 54.1 Å². The van der Waals surface area contributed by atoms with Crippen molar-refractivity contribution >= 4 is 21.9 Å². The molecule has 3 aromatic heterocycles. The molecule has 1 aliphatic rings. The fourth-order valence-corrected chi connectivity index (χ4v) is 3.79. The smallest absolute Gasteiger partial charge is 0.151 e. The standard InChI is InChI=1S/C21H20FN5/c1-13-2-3-20-19(24-13)5-4-18(25-20)14-10-15-12-27(16-6-8-23-9-7-16)26-21(15)17(22)11-14/h2-5,10-12,16,23H,6-9H2,1H3. The molecule has 5 rings (SSSR count). The average molecular weight is 361 g/mol. The minimum atomic E-state index is -0.306. The molecule has 0 radical (unpaired) electrons. The number of pyridine rings is 2. The number of halogens is 1. The molecule has 0 amide bonds. The van der Waals surface area contributed by atoms with Crippen LogP contribution in [0.25, 0.3) is 33.2 Å². The van der Waals surface area contributed by atoms with E-state index >= 15 is 0 Å². The Morgan fingerprint density at radius 3 is 2.67 bits per heavy atom. The lowest BCUT2D eigenvalue weighted by molar-refractivity contribution is 0.344. The van der Waals surface area contributed by atoms with Gasteiger partial charge in [-0.05, 0) is 69.3 Å². The molecule has 136 valence electrons. The van der Waals surface area contributed by atoms with Crippen molar-refractivity contribution in [3.8, 4) is 11.3 Å². The topological polar surface area (TPSA) is 55.6 Å². The van der Waals surface area contributed by atoms with Gasteiger partial charge in [-0.2, -0.15) is 5.10 Å². The number of aryl methyl sites for hydroxylation is 1. The van der Waals surface area contributed by atoms with Crippen LogP contribution in [-0.4, -0.2) is 32.8 Å². The minimum absolute atomic E-state index is 0.306. The maximum Gasteiger partial charge on any atom is 0.151 e. The van der Waals surface area contributed by atoms with Gasteiger partial charge >= 0.3 is 0 Å². The van der Waals surface area contributed by atoms with Crippen LogP contribution < -0.4 is 5.32 Å². The quantitative estimate of drug-likeness (QED) is 0.586. The zero-order valence-electron chi connectivity index (χ0n) is 15.1. The molecule has 6 heteroatoms. The third-order valence-electron chi connectivity index (χ3n) is 5.24. The van der Waals surface area contributed by atoms with Gasteiger partial charge < -0.3 is 5.32 Å². The lowest BCUT2D eigenvalue weighted by Gasteiger charge is -2.22. The van der Waals surface area contributed by atoms with Crippen LogP contribution in [-0.2, 0) is 0 Å². The van der Waals surface area contributed by atoms with Crippen LogP contribution in [0, 0.1) is 12.7 Å². The maximum absolute atomic E-state index is 14.8. The van der Waals surface area contributed by atoms with E-state index in [1.165, 1.54) is 6.07 Å². The molecule has 1 N–H and O–H groups in total. The lowest BCUT2D eigenvalue weighted by atomic mass is 10.1. The van der Waals surface area contributed by atoms with Crippen molar-refractivity contribution in [3.63, 3.8) is 0 Å². The third-order valence-corrected chi connectivity index (χ3v) is 5.24. The van der Waals surface area contributed by atoms with Gasteiger partial charge in [-0.3, -0.25) is 9.67 Å². The zero-order valence-corrected chi connectivity index (χ0v) is 15.1. The number of piperidine rings is 1. The fraction of sp³-hybridized carbons (Fsp3) is 0.286. The Morgan fingerprint density at radius 2 is 1.81 bits per heavy atom. The van der Waals surface area contributed by atoms with E-state index in [2.05, 4.69) is 20.4 Å². The predicted molar refractivity (Wildman–Crippen MR) is 104 cm³/mol. The highest BCUT2D eigenvalue weighted by molar-refractivity contribution is 5.85. The molecule has 27 heavy (non-hydrogen) atoms. The Balaban J connectivity index is 1.58. The molecule has 4 aromatic rings. The first-order chi connectivity index (χ1) is 13.2. The highest BCUT2D eigenvalue weighted by atomic mass is 19.1. The maximum atomic E-state index is 14.8. The second-order valence-corrected chi connectivity index (χ2v) is 7.17. The molecule has 0 bridgehead atoms. The van der Waals surface area contributed by atoms with E-state index in [9.17, 15) is 4.39 Å². The van der Waals surface area contributed by atoms with Gasteiger partial charge in [0.25, 0.3) is 0 Å². The number of hydrogen-bond donors (Lipinski definition) is 1. The van der Waals surface area contributed by atoms with Gasteiger partial charge in [-0.15, -0.1) is 0 Å². The van der Waals surface area contributed by atoms with E-state index in [1.54, 1.807) is 0 Å². The summed E-state index contributed by atoms with van der Waals surface area (Å²) >= 11 is 0. The second-order valence-electron chi connectivity index (χ2n) is 7.17. The van der Waals surface area contributed by atoms with Crippen LogP contribution in [0.3, 0.4) is 0 Å². The Labute approximate surface area is 156 Å². The van der Waals surface area contributed by atoms with Gasteiger partial charge in [0.05, 0.1) is 22.8 Å². The molecule has 1 aliphatic heterocycles. The number of hydrogen-bond acceptors (Lipinski definition) is 4. The minimum Gasteiger partial charge on any atom is -0.317 e. The molecular formula is C21H20FN5. The number of nitrogens with zero attached hydrogens (tertiary/aromatic N) is 4. The molecule has 1 fully saturated rings. The zero-order chi connectivity index (χ0) is 18.4. The van der Waals surface area contributed by atoms with Crippen LogP contribution >= 0.6 is 0 Å². The van der Waals surface area contributed by atoms with Crippen LogP contribution in [0.4, 0.5) is 4.39 Å². The first-order valence-corrected chi connectivity index (χ1v) is 9.31. The summed E-state index contributed by atoms with van der Waals surface area (Å²) in [5.74, 6) is -0.306.